The highest BCUT2D eigenvalue weighted by molar-refractivity contribution is 7.79. The molecule has 1 aromatic carbocycles. The van der Waals surface area contributed by atoms with Gasteiger partial charge >= 0.3 is 0 Å². The van der Waals surface area contributed by atoms with E-state index in [1.807, 2.05) is 0 Å². The van der Waals surface area contributed by atoms with Crippen molar-refractivity contribution in [3.63, 3.8) is 0 Å². The van der Waals surface area contributed by atoms with E-state index in [1.54, 1.807) is 0 Å². The third kappa shape index (κ3) is 2.38. The van der Waals surface area contributed by atoms with E-state index in [9.17, 15) is 8.42 Å². The molecule has 0 aromatic heterocycles. The first-order valence-electron chi connectivity index (χ1n) is 3.46. The van der Waals surface area contributed by atoms with Gasteiger partial charge in [-0.25, -0.2) is 8.42 Å². The molecule has 1 rings (SSSR count). The molecule has 14 heavy (non-hydrogen) atoms. The van der Waals surface area contributed by atoms with Gasteiger partial charge in [-0.05, 0) is 18.2 Å². The zero-order chi connectivity index (χ0) is 10.7. The Morgan fingerprint density at radius 3 is 2.29 bits per heavy atom. The normalized spacial score (nSPS) is 14.8. The molecule has 0 aliphatic carbocycles. The van der Waals surface area contributed by atoms with Crippen LogP contribution >= 0.6 is 0 Å². The zero-order valence-corrected chi connectivity index (χ0v) is 8.80. The summed E-state index contributed by atoms with van der Waals surface area (Å²) in [5.74, 6) is 0.116. The summed E-state index contributed by atoms with van der Waals surface area (Å²) in [6, 6.07) is 3.82. The number of ether oxygens (including phenoxy) is 1. The molecule has 5 nitrogen and oxygen atoms in total. The predicted molar refractivity (Wildman–Crippen MR) is 51.1 cm³/mol. The average molecular weight is 236 g/mol. The lowest BCUT2D eigenvalue weighted by Gasteiger charge is -2.05. The number of benzene rings is 1. The molecular formula is C7H8O5S2. The molecule has 7 heteroatoms. The van der Waals surface area contributed by atoms with Gasteiger partial charge in [-0.15, -0.1) is 0 Å². The van der Waals surface area contributed by atoms with Gasteiger partial charge in [0.1, 0.15) is 10.6 Å². The Morgan fingerprint density at radius 2 is 1.86 bits per heavy atom. The lowest BCUT2D eigenvalue weighted by molar-refractivity contribution is 0.400. The Kier molecular flexibility index (Phi) is 3.76. The van der Waals surface area contributed by atoms with E-state index < -0.39 is 22.2 Å². The fourth-order valence-corrected chi connectivity index (χ4v) is 1.79. The van der Waals surface area contributed by atoms with Crippen molar-refractivity contribution >= 4 is 22.2 Å². The molecule has 2 unspecified atom stereocenters. The first-order chi connectivity index (χ1) is 6.56. The number of methoxy groups -OCH3 is 1. The lowest BCUT2D eigenvalue weighted by Crippen LogP contribution is -1.97. The second-order valence-corrected chi connectivity index (χ2v) is 4.22. The van der Waals surface area contributed by atoms with Gasteiger partial charge in [0.25, 0.3) is 0 Å². The Balaban J connectivity index is 3.25. The van der Waals surface area contributed by atoms with Gasteiger partial charge in [0.15, 0.2) is 22.2 Å². The molecule has 0 amide bonds. The first-order valence-corrected chi connectivity index (χ1v) is 5.67. The molecule has 0 spiro atoms. The molecule has 0 bridgehead atoms. The van der Waals surface area contributed by atoms with E-state index in [2.05, 4.69) is 0 Å². The van der Waals surface area contributed by atoms with Crippen molar-refractivity contribution in [1.29, 1.82) is 0 Å². The molecule has 0 aliphatic heterocycles. The van der Waals surface area contributed by atoms with Crippen LogP contribution < -0.4 is 4.74 Å². The summed E-state index contributed by atoms with van der Waals surface area (Å²) in [7, 11) is 1.32. The fraction of sp³-hybridized carbons (Fsp3) is 0.143. The summed E-state index contributed by atoms with van der Waals surface area (Å²) in [6.07, 6.45) is 0. The summed E-state index contributed by atoms with van der Waals surface area (Å²) in [5.41, 5.74) is 0. The molecule has 2 N–H and O–H groups in total. The van der Waals surface area contributed by atoms with Gasteiger partial charge in [-0.1, -0.05) is 0 Å². The summed E-state index contributed by atoms with van der Waals surface area (Å²) >= 11 is -4.29. The van der Waals surface area contributed by atoms with Crippen molar-refractivity contribution in [2.45, 2.75) is 9.79 Å². The van der Waals surface area contributed by atoms with Gasteiger partial charge < -0.3 is 13.8 Å². The summed E-state index contributed by atoms with van der Waals surface area (Å²) in [6.45, 7) is 0. The van der Waals surface area contributed by atoms with E-state index in [0.29, 0.717) is 0 Å². The SMILES string of the molecule is COc1cc(S(=O)O)ccc1S(=O)O. The maximum absolute atomic E-state index is 10.8. The zero-order valence-electron chi connectivity index (χ0n) is 7.17. The Bertz CT molecular complexity index is 390. The van der Waals surface area contributed by atoms with Crippen molar-refractivity contribution in [2.75, 3.05) is 7.11 Å². The highest BCUT2D eigenvalue weighted by Crippen LogP contribution is 2.23. The van der Waals surface area contributed by atoms with E-state index in [1.165, 1.54) is 25.3 Å². The van der Waals surface area contributed by atoms with Crippen LogP contribution in [-0.4, -0.2) is 24.6 Å². The molecule has 0 aliphatic rings. The second kappa shape index (κ2) is 4.65. The second-order valence-electron chi connectivity index (χ2n) is 2.31. The van der Waals surface area contributed by atoms with Crippen LogP contribution in [0.15, 0.2) is 28.0 Å². The highest BCUT2D eigenvalue weighted by Gasteiger charge is 2.11. The number of hydrogen-bond donors (Lipinski definition) is 2. The van der Waals surface area contributed by atoms with E-state index in [4.69, 9.17) is 13.8 Å². The van der Waals surface area contributed by atoms with Gasteiger partial charge in [0, 0.05) is 0 Å². The van der Waals surface area contributed by atoms with E-state index in [0.717, 1.165) is 0 Å². The minimum atomic E-state index is -2.17. The monoisotopic (exact) mass is 236 g/mol. The molecule has 0 saturated carbocycles. The van der Waals surface area contributed by atoms with Gasteiger partial charge in [-0.2, -0.15) is 0 Å². The van der Waals surface area contributed by atoms with Crippen molar-refractivity contribution in [3.8, 4) is 5.75 Å². The minimum Gasteiger partial charge on any atom is -0.495 e. The molecule has 78 valence electrons. The van der Waals surface area contributed by atoms with Crippen LogP contribution in [0.1, 0.15) is 0 Å². The van der Waals surface area contributed by atoms with E-state index in [-0.39, 0.29) is 15.5 Å². The summed E-state index contributed by atoms with van der Waals surface area (Å²) < 4.78 is 43.8. The molecule has 0 fully saturated rings. The Labute approximate surface area is 85.7 Å². The standard InChI is InChI=1S/C7H8O5S2/c1-12-6-4-5(13(8)9)2-3-7(6)14(10)11/h2-4H,1H3,(H,8,9)(H,10,11). The van der Waals surface area contributed by atoms with Crippen LogP contribution in [-0.2, 0) is 22.2 Å². The van der Waals surface area contributed by atoms with Crippen molar-refractivity contribution in [3.05, 3.63) is 18.2 Å². The average Bonchev–Trinajstić information content (AvgIpc) is 2.16. The van der Waals surface area contributed by atoms with Crippen LogP contribution in [0.3, 0.4) is 0 Å². The van der Waals surface area contributed by atoms with Crippen molar-refractivity contribution < 1.29 is 22.3 Å². The van der Waals surface area contributed by atoms with Crippen molar-refractivity contribution in [1.82, 2.24) is 0 Å². The molecule has 1 aromatic rings. The maximum atomic E-state index is 10.8. The lowest BCUT2D eigenvalue weighted by atomic mass is 10.3. The molecular weight excluding hydrogens is 228 g/mol. The quantitative estimate of drug-likeness (QED) is 0.760. The molecule has 0 radical (unpaired) electrons. The minimum absolute atomic E-state index is 0.0710. The summed E-state index contributed by atoms with van der Waals surface area (Å²) in [5, 5.41) is 0. The third-order valence-corrected chi connectivity index (χ3v) is 2.90. The fourth-order valence-electron chi connectivity index (χ4n) is 0.901. The van der Waals surface area contributed by atoms with Gasteiger partial charge in [0.2, 0.25) is 0 Å². The van der Waals surface area contributed by atoms with Crippen LogP contribution in [0.5, 0.6) is 5.75 Å². The van der Waals surface area contributed by atoms with E-state index >= 15 is 0 Å². The Morgan fingerprint density at radius 1 is 1.21 bits per heavy atom. The number of rotatable bonds is 3. The van der Waals surface area contributed by atoms with Crippen LogP contribution in [0, 0.1) is 0 Å². The molecule has 0 saturated heterocycles. The third-order valence-electron chi connectivity index (χ3n) is 1.52. The molecule has 2 atom stereocenters. The predicted octanol–water partition coefficient (Wildman–Crippen LogP) is 0.856. The highest BCUT2D eigenvalue weighted by atomic mass is 32.2. The maximum Gasteiger partial charge on any atom is 0.190 e. The van der Waals surface area contributed by atoms with Crippen molar-refractivity contribution in [2.24, 2.45) is 0 Å². The van der Waals surface area contributed by atoms with Crippen LogP contribution in [0.25, 0.3) is 0 Å². The van der Waals surface area contributed by atoms with Gasteiger partial charge in [0.05, 0.1) is 12.0 Å². The van der Waals surface area contributed by atoms with Crippen LogP contribution in [0.2, 0.25) is 0 Å². The first kappa shape index (κ1) is 11.3. The van der Waals surface area contributed by atoms with Gasteiger partial charge in [-0.3, -0.25) is 0 Å². The molecule has 0 heterocycles. The smallest absolute Gasteiger partial charge is 0.190 e. The summed E-state index contributed by atoms with van der Waals surface area (Å²) in [4.78, 5) is 0.192. The Hall–Kier alpha value is -0.760. The topological polar surface area (TPSA) is 83.8 Å². The number of hydrogen-bond acceptors (Lipinski definition) is 3. The largest absolute Gasteiger partial charge is 0.495 e. The van der Waals surface area contributed by atoms with Crippen LogP contribution in [0.4, 0.5) is 0 Å².